The molecule has 2 aromatic heterocycles. The number of piperazine rings is 1. The molecule has 7 rings (SSSR count). The number of hydrogen-bond acceptors (Lipinski definition) is 14. The molecule has 0 spiro atoms. The largest absolute Gasteiger partial charge is 0.471 e. The quantitative estimate of drug-likeness (QED) is 0.0557. The van der Waals surface area contributed by atoms with Crippen molar-refractivity contribution in [3.63, 3.8) is 0 Å². The number of amides is 2. The summed E-state index contributed by atoms with van der Waals surface area (Å²) >= 11 is 0. The van der Waals surface area contributed by atoms with Crippen LogP contribution in [0.1, 0.15) is 50.9 Å². The first kappa shape index (κ1) is 46.5. The number of nitrogens with one attached hydrogen (secondary N) is 2. The Morgan fingerprint density at radius 3 is 2.42 bits per heavy atom. The summed E-state index contributed by atoms with van der Waals surface area (Å²) in [6, 6.07) is 13.6. The van der Waals surface area contributed by atoms with E-state index in [1.54, 1.807) is 17.0 Å². The number of hydrogen-bond donors (Lipinski definition) is 2. The lowest BCUT2D eigenvalue weighted by atomic mass is 10.0. The second-order valence-corrected chi connectivity index (χ2v) is 26.2. The van der Waals surface area contributed by atoms with Crippen molar-refractivity contribution in [3.8, 4) is 5.88 Å². The normalized spacial score (nSPS) is 17.5. The molecular formula is C44H60N8O10SSi. The first-order valence-electron chi connectivity index (χ1n) is 21.8. The Kier molecular flexibility index (Phi) is 13.8. The summed E-state index contributed by atoms with van der Waals surface area (Å²) in [7, 11) is -5.90. The van der Waals surface area contributed by atoms with E-state index in [0.717, 1.165) is 36.0 Å². The fraction of sp³-hybridized carbons (Fsp3) is 0.523. The molecule has 0 aliphatic carbocycles. The topological polar surface area (TPSA) is 200 Å². The summed E-state index contributed by atoms with van der Waals surface area (Å²) in [5.74, 6) is -0.342. The maximum absolute atomic E-state index is 14.4. The third-order valence-corrected chi connectivity index (χ3v) is 14.4. The number of rotatable bonds is 14. The zero-order chi connectivity index (χ0) is 46.0. The predicted molar refractivity (Wildman–Crippen MR) is 247 cm³/mol. The van der Waals surface area contributed by atoms with Gasteiger partial charge >= 0.3 is 6.09 Å². The van der Waals surface area contributed by atoms with Crippen LogP contribution in [0.3, 0.4) is 0 Å². The van der Waals surface area contributed by atoms with E-state index in [-0.39, 0.29) is 23.7 Å². The number of ether oxygens (including phenoxy) is 4. The summed E-state index contributed by atoms with van der Waals surface area (Å²) in [6.07, 6.45) is 2.74. The molecule has 0 unspecified atom stereocenters. The van der Waals surface area contributed by atoms with Crippen LogP contribution >= 0.6 is 0 Å². The lowest BCUT2D eigenvalue weighted by molar-refractivity contribution is -0.384. The molecule has 0 bridgehead atoms. The number of carbonyl (C=O) groups is 2. The fourth-order valence-electron chi connectivity index (χ4n) is 7.85. The Labute approximate surface area is 375 Å². The van der Waals surface area contributed by atoms with Gasteiger partial charge < -0.3 is 43.5 Å². The van der Waals surface area contributed by atoms with Crippen LogP contribution in [0.4, 0.5) is 33.2 Å². The van der Waals surface area contributed by atoms with Crippen LogP contribution in [0.2, 0.25) is 25.7 Å². The monoisotopic (exact) mass is 920 g/mol. The van der Waals surface area contributed by atoms with E-state index < -0.39 is 57.3 Å². The maximum atomic E-state index is 14.4. The molecule has 1 atom stereocenters. The fourth-order valence-corrected chi connectivity index (χ4v) is 9.59. The van der Waals surface area contributed by atoms with Crippen molar-refractivity contribution < 1.29 is 41.9 Å². The number of sulfonamides is 1. The van der Waals surface area contributed by atoms with Crippen molar-refractivity contribution in [3.05, 3.63) is 70.4 Å². The first-order chi connectivity index (χ1) is 30.2. The number of nitro groups is 1. The number of nitro benzene ring substituents is 1. The second kappa shape index (κ2) is 19.0. The van der Waals surface area contributed by atoms with Crippen molar-refractivity contribution in [1.82, 2.24) is 19.2 Å². The van der Waals surface area contributed by atoms with Crippen LogP contribution in [0.5, 0.6) is 5.88 Å². The van der Waals surface area contributed by atoms with E-state index in [9.17, 15) is 28.1 Å². The van der Waals surface area contributed by atoms with Gasteiger partial charge in [-0.2, -0.15) is 4.98 Å². The predicted octanol–water partition coefficient (Wildman–Crippen LogP) is 7.19. The third-order valence-electron chi connectivity index (χ3n) is 11.4. The van der Waals surface area contributed by atoms with Gasteiger partial charge in [-0.25, -0.2) is 17.9 Å². The molecule has 3 aliphatic heterocycles. The number of carbonyl (C=O) groups excluding carboxylic acids is 2. The number of anilines is 4. The number of benzene rings is 2. The molecule has 2 saturated heterocycles. The van der Waals surface area contributed by atoms with E-state index in [2.05, 4.69) is 34.6 Å². The molecule has 18 nitrogen and oxygen atoms in total. The van der Waals surface area contributed by atoms with Crippen LogP contribution in [-0.2, 0) is 31.0 Å². The van der Waals surface area contributed by atoms with Crippen molar-refractivity contribution in [1.29, 1.82) is 0 Å². The Hall–Kier alpha value is -5.44. The van der Waals surface area contributed by atoms with Gasteiger partial charge in [0.1, 0.15) is 35.5 Å². The molecule has 346 valence electrons. The molecule has 5 heterocycles. The van der Waals surface area contributed by atoms with Gasteiger partial charge in [0.2, 0.25) is 5.88 Å². The van der Waals surface area contributed by atoms with Gasteiger partial charge in [0.05, 0.1) is 27.6 Å². The van der Waals surface area contributed by atoms with Crippen LogP contribution in [0.25, 0.3) is 11.0 Å². The van der Waals surface area contributed by atoms with Gasteiger partial charge in [-0.1, -0.05) is 19.6 Å². The van der Waals surface area contributed by atoms with E-state index in [0.29, 0.717) is 82.2 Å². The highest BCUT2D eigenvalue weighted by Crippen LogP contribution is 2.42. The zero-order valence-corrected chi connectivity index (χ0v) is 39.5. The summed E-state index contributed by atoms with van der Waals surface area (Å²) in [4.78, 5) is 49.0. The smallest absolute Gasteiger partial charge is 0.410 e. The average Bonchev–Trinajstić information content (AvgIpc) is 3.63. The Bertz CT molecular complexity index is 2470. The highest BCUT2D eigenvalue weighted by molar-refractivity contribution is 7.90. The lowest BCUT2D eigenvalue weighted by Gasteiger charge is -2.38. The van der Waals surface area contributed by atoms with Crippen molar-refractivity contribution >= 4 is 69.6 Å². The molecule has 2 aromatic carbocycles. The molecule has 2 N–H and O–H groups in total. The zero-order valence-electron chi connectivity index (χ0n) is 37.7. The minimum Gasteiger partial charge on any atom is -0.471 e. The second-order valence-electron chi connectivity index (χ2n) is 18.9. The van der Waals surface area contributed by atoms with Gasteiger partial charge in [0.25, 0.3) is 21.6 Å². The highest BCUT2D eigenvalue weighted by atomic mass is 32.2. The standard InChI is InChI=1S/C44H60N8O10SSi/c1-30-28-51(39-24-32-12-15-50(40(32)46-42(39)61-30)29-60-22-23-64(5,6)7)37-25-33(48-16-18-49(19-17-48)43(54)62-44(2,3)4)8-10-35(37)41(53)47-63(57,58)34-9-11-36(38(26-34)52(55)56)45-27-31-13-20-59-21-14-31/h8-12,15,24-26,30-31,45H,13-14,16-23,27-29H2,1-7H3,(H,47,53)/t30-/m1/s1. The van der Waals surface area contributed by atoms with Gasteiger partial charge in [-0.15, -0.1) is 0 Å². The molecule has 3 aliphatic rings. The molecule has 0 radical (unpaired) electrons. The molecular weight excluding hydrogens is 861 g/mol. The molecule has 0 saturated carbocycles. The number of fused-ring (bicyclic) bond motifs is 2. The minimum atomic E-state index is -4.61. The van der Waals surface area contributed by atoms with E-state index in [4.69, 9.17) is 23.9 Å². The van der Waals surface area contributed by atoms with Crippen LogP contribution in [-0.4, -0.2) is 119 Å². The van der Waals surface area contributed by atoms with Crippen molar-refractivity contribution in [2.45, 2.75) is 89.6 Å². The Morgan fingerprint density at radius 2 is 1.73 bits per heavy atom. The van der Waals surface area contributed by atoms with Gasteiger partial charge in [0.15, 0.2) is 0 Å². The number of aromatic nitrogens is 2. The van der Waals surface area contributed by atoms with Crippen molar-refractivity contribution in [2.24, 2.45) is 5.92 Å². The van der Waals surface area contributed by atoms with Gasteiger partial charge in [-0.3, -0.25) is 14.9 Å². The van der Waals surface area contributed by atoms with Crippen LogP contribution < -0.4 is 24.6 Å². The third kappa shape index (κ3) is 11.3. The Morgan fingerprint density at radius 1 is 1.00 bits per heavy atom. The van der Waals surface area contributed by atoms with E-state index >= 15 is 0 Å². The van der Waals surface area contributed by atoms with E-state index in [1.807, 2.05) is 61.6 Å². The Balaban J connectivity index is 1.19. The molecule has 2 amide bonds. The summed E-state index contributed by atoms with van der Waals surface area (Å²) in [5.41, 5.74) is 1.54. The van der Waals surface area contributed by atoms with Crippen LogP contribution in [0, 0.1) is 16.0 Å². The highest BCUT2D eigenvalue weighted by Gasteiger charge is 2.33. The SMILES string of the molecule is C[C@@H]1CN(c2cc(N3CCN(C(=O)OC(C)(C)C)CC3)ccc2C(=O)NS(=O)(=O)c2ccc(NCC3CCOCC3)c([N+](=O)[O-])c2)c2cc3ccn(COCC[Si](C)(C)C)c3nc2O1. The number of pyridine rings is 1. The number of nitrogens with zero attached hydrogens (tertiary/aromatic N) is 6. The van der Waals surface area contributed by atoms with E-state index in [1.165, 1.54) is 12.1 Å². The summed E-state index contributed by atoms with van der Waals surface area (Å²) in [6.45, 7) is 19.0. The minimum absolute atomic E-state index is 0.0393. The summed E-state index contributed by atoms with van der Waals surface area (Å²) < 4.78 is 55.3. The van der Waals surface area contributed by atoms with Gasteiger partial charge in [0, 0.05) is 84.0 Å². The van der Waals surface area contributed by atoms with Crippen molar-refractivity contribution in [2.75, 3.05) is 74.2 Å². The first-order valence-corrected chi connectivity index (χ1v) is 27.0. The van der Waals surface area contributed by atoms with Crippen LogP contribution in [0.15, 0.2) is 59.6 Å². The maximum Gasteiger partial charge on any atom is 0.410 e. The summed E-state index contributed by atoms with van der Waals surface area (Å²) in [5, 5.41) is 16.1. The molecule has 2 fully saturated rings. The lowest BCUT2D eigenvalue weighted by Crippen LogP contribution is -2.50. The molecule has 4 aromatic rings. The molecule has 64 heavy (non-hydrogen) atoms. The average molecular weight is 921 g/mol. The molecule has 20 heteroatoms. The van der Waals surface area contributed by atoms with Gasteiger partial charge in [-0.05, 0) is 95.0 Å².